The number of aromatic nitrogens is 2. The molecule has 0 atom stereocenters. The molecule has 1 aliphatic heterocycles. The highest BCUT2D eigenvalue weighted by molar-refractivity contribution is 7.90. The summed E-state index contributed by atoms with van der Waals surface area (Å²) in [4.78, 5) is 4.92. The molecular weight excluding hydrogens is 500 g/mol. The summed E-state index contributed by atoms with van der Waals surface area (Å²) in [6.07, 6.45) is 4.43. The summed E-state index contributed by atoms with van der Waals surface area (Å²) in [5.74, 6) is 0.0917. The molecule has 0 bridgehead atoms. The van der Waals surface area contributed by atoms with E-state index in [9.17, 15) is 18.6 Å². The first-order valence-corrected chi connectivity index (χ1v) is 14.6. The number of hydrogen-bond donors (Lipinski definition) is 3. The Labute approximate surface area is 223 Å². The molecule has 0 radical (unpaired) electrons. The van der Waals surface area contributed by atoms with Crippen LogP contribution in [-0.4, -0.2) is 66.2 Å². The van der Waals surface area contributed by atoms with Gasteiger partial charge in [0.15, 0.2) is 9.84 Å². The van der Waals surface area contributed by atoms with E-state index in [0.29, 0.717) is 16.9 Å². The van der Waals surface area contributed by atoms with Crippen molar-refractivity contribution < 1.29 is 18.6 Å². The number of piperazine rings is 1. The van der Waals surface area contributed by atoms with Crippen LogP contribution in [0.3, 0.4) is 0 Å². The summed E-state index contributed by atoms with van der Waals surface area (Å²) >= 11 is 0. The zero-order chi connectivity index (χ0) is 26.7. The van der Waals surface area contributed by atoms with Gasteiger partial charge in [-0.15, -0.1) is 0 Å². The van der Waals surface area contributed by atoms with Gasteiger partial charge >= 0.3 is 0 Å². The molecule has 9 heteroatoms. The minimum atomic E-state index is -3.20. The van der Waals surface area contributed by atoms with Gasteiger partial charge in [0.1, 0.15) is 11.5 Å². The van der Waals surface area contributed by atoms with Crippen molar-refractivity contribution in [1.82, 2.24) is 15.1 Å². The third-order valence-corrected chi connectivity index (χ3v) is 8.21. The van der Waals surface area contributed by atoms with Gasteiger partial charge in [-0.3, -0.25) is 10.00 Å². The number of aromatic amines is 1. The number of anilines is 1. The van der Waals surface area contributed by atoms with Gasteiger partial charge in [0.25, 0.3) is 0 Å². The monoisotopic (exact) mass is 532 g/mol. The lowest BCUT2D eigenvalue weighted by Crippen LogP contribution is -2.46. The van der Waals surface area contributed by atoms with Gasteiger partial charge < -0.3 is 15.1 Å². The van der Waals surface area contributed by atoms with Gasteiger partial charge in [0, 0.05) is 50.6 Å². The maximum atomic E-state index is 11.7. The van der Waals surface area contributed by atoms with Crippen molar-refractivity contribution in [2.75, 3.05) is 37.3 Å². The molecule has 8 nitrogen and oxygen atoms in total. The van der Waals surface area contributed by atoms with E-state index in [1.54, 1.807) is 18.3 Å². The van der Waals surface area contributed by atoms with Gasteiger partial charge in [-0.1, -0.05) is 42.5 Å². The van der Waals surface area contributed by atoms with Crippen molar-refractivity contribution in [3.63, 3.8) is 0 Å². The van der Waals surface area contributed by atoms with E-state index < -0.39 is 9.84 Å². The van der Waals surface area contributed by atoms with E-state index in [1.807, 2.05) is 36.4 Å². The predicted octanol–water partition coefficient (Wildman–Crippen LogP) is 4.00. The fourth-order valence-electron chi connectivity index (χ4n) is 4.91. The van der Waals surface area contributed by atoms with E-state index in [-0.39, 0.29) is 11.5 Å². The van der Waals surface area contributed by atoms with Gasteiger partial charge in [0.05, 0.1) is 22.5 Å². The topological polar surface area (TPSA) is 110 Å². The zero-order valence-electron chi connectivity index (χ0n) is 21.3. The summed E-state index contributed by atoms with van der Waals surface area (Å²) in [5.41, 5.74) is 5.30. The summed E-state index contributed by atoms with van der Waals surface area (Å²) in [6, 6.07) is 20.5. The second kappa shape index (κ2) is 10.9. The van der Waals surface area contributed by atoms with Crippen LogP contribution in [0.4, 0.5) is 5.69 Å². The second-order valence-corrected chi connectivity index (χ2v) is 11.8. The first-order valence-electron chi connectivity index (χ1n) is 12.7. The molecule has 1 saturated heterocycles. The summed E-state index contributed by atoms with van der Waals surface area (Å²) in [6.45, 7) is 3.99. The number of rotatable bonds is 8. The van der Waals surface area contributed by atoms with E-state index >= 15 is 0 Å². The minimum absolute atomic E-state index is 0.00707. The molecule has 0 amide bonds. The number of aryl methyl sites for hydroxylation is 2. The summed E-state index contributed by atoms with van der Waals surface area (Å²) in [5, 5.41) is 28.5. The van der Waals surface area contributed by atoms with Crippen molar-refractivity contribution in [2.45, 2.75) is 24.3 Å². The van der Waals surface area contributed by atoms with E-state index in [4.69, 9.17) is 0 Å². The number of sulfone groups is 1. The molecule has 1 fully saturated rings. The number of H-pyrrole nitrogens is 1. The van der Waals surface area contributed by atoms with Crippen molar-refractivity contribution in [2.24, 2.45) is 0 Å². The van der Waals surface area contributed by atoms with Gasteiger partial charge in [-0.2, -0.15) is 5.10 Å². The first kappa shape index (κ1) is 25.8. The van der Waals surface area contributed by atoms with Crippen LogP contribution in [0, 0.1) is 0 Å². The Morgan fingerprint density at radius 1 is 0.868 bits per heavy atom. The Kier molecular flexibility index (Phi) is 7.40. The molecule has 0 spiro atoms. The normalized spacial score (nSPS) is 14.6. The number of nitrogens with one attached hydrogen (secondary N) is 1. The lowest BCUT2D eigenvalue weighted by molar-refractivity contribution is 0.250. The fourth-order valence-corrected chi connectivity index (χ4v) is 5.54. The molecule has 0 unspecified atom stereocenters. The molecule has 2 heterocycles. The smallest absolute Gasteiger partial charge is 0.175 e. The number of phenolic OH excluding ortho intramolecular Hbond substituents is 2. The maximum absolute atomic E-state index is 11.7. The quantitative estimate of drug-likeness (QED) is 0.315. The average molecular weight is 533 g/mol. The SMILES string of the molecule is CS(=O)(=O)c1ccc(CN2CCN(c3cn[nH]c3-c3cc(CCc4ccccc4)c(O)cc3O)CC2)cc1. The van der Waals surface area contributed by atoms with Crippen LogP contribution in [0.15, 0.2) is 77.8 Å². The number of benzene rings is 3. The van der Waals surface area contributed by atoms with Gasteiger partial charge in [-0.05, 0) is 47.7 Å². The van der Waals surface area contributed by atoms with Crippen LogP contribution in [0.1, 0.15) is 16.7 Å². The number of phenols is 2. The van der Waals surface area contributed by atoms with E-state index in [0.717, 1.165) is 61.7 Å². The average Bonchev–Trinajstić information content (AvgIpc) is 3.39. The third kappa shape index (κ3) is 5.84. The zero-order valence-corrected chi connectivity index (χ0v) is 22.2. The maximum Gasteiger partial charge on any atom is 0.175 e. The Hall–Kier alpha value is -3.82. The lowest BCUT2D eigenvalue weighted by atomic mass is 9.99. The highest BCUT2D eigenvalue weighted by Gasteiger charge is 2.23. The van der Waals surface area contributed by atoms with Crippen LogP contribution in [0.25, 0.3) is 11.3 Å². The molecule has 198 valence electrons. The highest BCUT2D eigenvalue weighted by atomic mass is 32.2. The van der Waals surface area contributed by atoms with E-state index in [1.165, 1.54) is 17.9 Å². The highest BCUT2D eigenvalue weighted by Crippen LogP contribution is 2.39. The molecule has 1 aliphatic rings. The molecule has 0 saturated carbocycles. The van der Waals surface area contributed by atoms with Gasteiger partial charge in [-0.25, -0.2) is 8.42 Å². The van der Waals surface area contributed by atoms with Crippen LogP contribution in [-0.2, 0) is 29.2 Å². The van der Waals surface area contributed by atoms with Crippen LogP contribution >= 0.6 is 0 Å². The van der Waals surface area contributed by atoms with Gasteiger partial charge in [0.2, 0.25) is 0 Å². The predicted molar refractivity (Wildman–Crippen MR) is 148 cm³/mol. The summed E-state index contributed by atoms with van der Waals surface area (Å²) in [7, 11) is -3.20. The van der Waals surface area contributed by atoms with Crippen molar-refractivity contribution >= 4 is 15.5 Å². The standard InChI is InChI=1S/C29H32N4O4S/c1-38(36,37)24-11-8-22(9-12-24)20-32-13-15-33(16-14-32)26-19-30-31-29(26)25-17-23(27(34)18-28(25)35)10-7-21-5-3-2-4-6-21/h2-6,8-9,11-12,17-19,34-35H,7,10,13-16,20H2,1H3,(H,30,31). The fraction of sp³-hybridized carbons (Fsp3) is 0.276. The Morgan fingerprint density at radius 3 is 2.26 bits per heavy atom. The number of hydrogen-bond acceptors (Lipinski definition) is 7. The first-order chi connectivity index (χ1) is 18.3. The molecule has 5 rings (SSSR count). The molecule has 3 aromatic carbocycles. The molecular formula is C29H32N4O4S. The van der Waals surface area contributed by atoms with E-state index in [2.05, 4.69) is 32.1 Å². The lowest BCUT2D eigenvalue weighted by Gasteiger charge is -2.36. The molecule has 4 aromatic rings. The summed E-state index contributed by atoms with van der Waals surface area (Å²) < 4.78 is 23.4. The van der Waals surface area contributed by atoms with Crippen molar-refractivity contribution in [3.05, 3.63) is 89.6 Å². The number of aromatic hydroxyl groups is 2. The third-order valence-electron chi connectivity index (χ3n) is 7.08. The van der Waals surface area contributed by atoms with Crippen LogP contribution in [0.5, 0.6) is 11.5 Å². The Morgan fingerprint density at radius 2 is 1.58 bits per heavy atom. The Bertz CT molecular complexity index is 1490. The Balaban J connectivity index is 1.26. The number of nitrogens with zero attached hydrogens (tertiary/aromatic N) is 3. The van der Waals surface area contributed by atoms with Crippen molar-refractivity contribution in [3.8, 4) is 22.8 Å². The molecule has 0 aliphatic carbocycles. The van der Waals surface area contributed by atoms with Crippen LogP contribution in [0.2, 0.25) is 0 Å². The minimum Gasteiger partial charge on any atom is -0.508 e. The molecule has 1 aromatic heterocycles. The molecule has 3 N–H and O–H groups in total. The second-order valence-electron chi connectivity index (χ2n) is 9.79. The molecule has 38 heavy (non-hydrogen) atoms. The largest absolute Gasteiger partial charge is 0.508 e. The van der Waals surface area contributed by atoms with Crippen molar-refractivity contribution in [1.29, 1.82) is 0 Å². The van der Waals surface area contributed by atoms with Crippen LogP contribution < -0.4 is 4.90 Å².